The highest BCUT2D eigenvalue weighted by molar-refractivity contribution is 5.17. The van der Waals surface area contributed by atoms with Crippen molar-refractivity contribution in [3.05, 3.63) is 47.8 Å². The van der Waals surface area contributed by atoms with Gasteiger partial charge in [-0.1, -0.05) is 6.92 Å². The second-order valence-corrected chi connectivity index (χ2v) is 5.24. The average molecular weight is 245 g/mol. The number of hydrogen-bond donors (Lipinski definition) is 1. The SMILES string of the molecule is CC1CC1c1ccc(CN[C@H](C)c2ccco2)o1. The van der Waals surface area contributed by atoms with Gasteiger partial charge < -0.3 is 14.2 Å². The van der Waals surface area contributed by atoms with Gasteiger partial charge in [-0.15, -0.1) is 0 Å². The minimum atomic E-state index is 0.202. The summed E-state index contributed by atoms with van der Waals surface area (Å²) in [7, 11) is 0. The van der Waals surface area contributed by atoms with Crippen molar-refractivity contribution in [3.8, 4) is 0 Å². The highest BCUT2D eigenvalue weighted by atomic mass is 16.3. The van der Waals surface area contributed by atoms with E-state index >= 15 is 0 Å². The number of hydrogen-bond acceptors (Lipinski definition) is 3. The van der Waals surface area contributed by atoms with E-state index in [-0.39, 0.29) is 6.04 Å². The minimum absolute atomic E-state index is 0.202. The van der Waals surface area contributed by atoms with Crippen LogP contribution in [0.3, 0.4) is 0 Å². The summed E-state index contributed by atoms with van der Waals surface area (Å²) < 4.78 is 11.2. The van der Waals surface area contributed by atoms with Gasteiger partial charge in [-0.25, -0.2) is 0 Å². The molecule has 2 unspecified atom stereocenters. The van der Waals surface area contributed by atoms with Crippen LogP contribution in [0.5, 0.6) is 0 Å². The lowest BCUT2D eigenvalue weighted by atomic mass is 10.2. The van der Waals surface area contributed by atoms with E-state index in [1.165, 1.54) is 6.42 Å². The largest absolute Gasteiger partial charge is 0.468 e. The third-order valence-corrected chi connectivity index (χ3v) is 3.71. The van der Waals surface area contributed by atoms with Crippen molar-refractivity contribution in [2.75, 3.05) is 0 Å². The molecular weight excluding hydrogens is 226 g/mol. The molecule has 1 saturated carbocycles. The van der Waals surface area contributed by atoms with Crippen LogP contribution in [0.15, 0.2) is 39.4 Å². The van der Waals surface area contributed by atoms with Crippen molar-refractivity contribution < 1.29 is 8.83 Å². The fourth-order valence-electron chi connectivity index (χ4n) is 2.30. The summed E-state index contributed by atoms with van der Waals surface area (Å²) in [6, 6.07) is 8.28. The van der Waals surface area contributed by atoms with Gasteiger partial charge in [-0.05, 0) is 43.5 Å². The molecule has 18 heavy (non-hydrogen) atoms. The summed E-state index contributed by atoms with van der Waals surface area (Å²) >= 11 is 0. The molecule has 0 amide bonds. The normalized spacial score (nSPS) is 24.1. The summed E-state index contributed by atoms with van der Waals surface area (Å²) in [4.78, 5) is 0. The number of furan rings is 2. The quantitative estimate of drug-likeness (QED) is 0.869. The lowest BCUT2D eigenvalue weighted by Crippen LogP contribution is -2.17. The van der Waals surface area contributed by atoms with Gasteiger partial charge in [0.2, 0.25) is 0 Å². The Labute approximate surface area is 107 Å². The van der Waals surface area contributed by atoms with E-state index in [1.54, 1.807) is 6.26 Å². The zero-order chi connectivity index (χ0) is 12.5. The van der Waals surface area contributed by atoms with Crippen molar-refractivity contribution in [2.45, 2.75) is 38.8 Å². The molecule has 2 aromatic heterocycles. The molecule has 96 valence electrons. The van der Waals surface area contributed by atoms with Gasteiger partial charge in [0.1, 0.15) is 17.3 Å². The van der Waals surface area contributed by atoms with Gasteiger partial charge in [-0.3, -0.25) is 0 Å². The Morgan fingerprint density at radius 2 is 2.22 bits per heavy atom. The monoisotopic (exact) mass is 245 g/mol. The summed E-state index contributed by atoms with van der Waals surface area (Å²) in [6.45, 7) is 5.10. The van der Waals surface area contributed by atoms with E-state index in [0.717, 1.165) is 29.7 Å². The molecule has 0 aliphatic heterocycles. The van der Waals surface area contributed by atoms with E-state index in [9.17, 15) is 0 Å². The van der Waals surface area contributed by atoms with Crippen LogP contribution in [0.1, 0.15) is 49.5 Å². The van der Waals surface area contributed by atoms with Crippen molar-refractivity contribution >= 4 is 0 Å². The molecule has 3 heteroatoms. The Morgan fingerprint density at radius 3 is 2.89 bits per heavy atom. The zero-order valence-corrected chi connectivity index (χ0v) is 10.8. The molecule has 2 aromatic rings. The van der Waals surface area contributed by atoms with E-state index in [0.29, 0.717) is 5.92 Å². The highest BCUT2D eigenvalue weighted by Gasteiger charge is 2.36. The van der Waals surface area contributed by atoms with E-state index in [2.05, 4.69) is 31.3 Å². The molecule has 0 aromatic carbocycles. The Kier molecular flexibility index (Phi) is 3.00. The summed E-state index contributed by atoms with van der Waals surface area (Å²) in [5.74, 6) is 4.55. The van der Waals surface area contributed by atoms with Crippen LogP contribution in [0.2, 0.25) is 0 Å². The van der Waals surface area contributed by atoms with Crippen LogP contribution in [0, 0.1) is 5.92 Å². The van der Waals surface area contributed by atoms with Crippen LogP contribution in [0.4, 0.5) is 0 Å². The molecule has 0 bridgehead atoms. The van der Waals surface area contributed by atoms with Crippen molar-refractivity contribution in [2.24, 2.45) is 5.92 Å². The van der Waals surface area contributed by atoms with Gasteiger partial charge in [-0.2, -0.15) is 0 Å². The Bertz CT molecular complexity index is 500. The lowest BCUT2D eigenvalue weighted by Gasteiger charge is -2.09. The van der Waals surface area contributed by atoms with Crippen LogP contribution in [-0.4, -0.2) is 0 Å². The van der Waals surface area contributed by atoms with Crippen molar-refractivity contribution in [1.82, 2.24) is 5.32 Å². The van der Waals surface area contributed by atoms with E-state index in [4.69, 9.17) is 8.83 Å². The van der Waals surface area contributed by atoms with E-state index in [1.807, 2.05) is 12.1 Å². The molecule has 1 aliphatic carbocycles. The molecule has 0 spiro atoms. The van der Waals surface area contributed by atoms with Gasteiger partial charge in [0.05, 0.1) is 18.8 Å². The second-order valence-electron chi connectivity index (χ2n) is 5.24. The van der Waals surface area contributed by atoms with Crippen LogP contribution in [0.25, 0.3) is 0 Å². The first-order valence-corrected chi connectivity index (χ1v) is 6.59. The Hall–Kier alpha value is -1.48. The Morgan fingerprint density at radius 1 is 1.39 bits per heavy atom. The van der Waals surface area contributed by atoms with Crippen LogP contribution in [-0.2, 0) is 6.54 Å². The summed E-state index contributed by atoms with van der Waals surface area (Å²) in [6.07, 6.45) is 2.97. The third-order valence-electron chi connectivity index (χ3n) is 3.71. The van der Waals surface area contributed by atoms with E-state index < -0.39 is 0 Å². The lowest BCUT2D eigenvalue weighted by molar-refractivity contribution is 0.396. The summed E-state index contributed by atoms with van der Waals surface area (Å²) in [5.41, 5.74) is 0. The first kappa shape index (κ1) is 11.6. The molecular formula is C15H19NO2. The number of rotatable bonds is 5. The van der Waals surface area contributed by atoms with Gasteiger partial charge in [0.15, 0.2) is 0 Å². The third kappa shape index (κ3) is 2.36. The Balaban J connectivity index is 1.55. The zero-order valence-electron chi connectivity index (χ0n) is 10.8. The second kappa shape index (κ2) is 4.65. The molecule has 1 aliphatic rings. The van der Waals surface area contributed by atoms with Gasteiger partial charge in [0, 0.05) is 5.92 Å². The maximum Gasteiger partial charge on any atom is 0.120 e. The van der Waals surface area contributed by atoms with Crippen molar-refractivity contribution in [3.63, 3.8) is 0 Å². The highest BCUT2D eigenvalue weighted by Crippen LogP contribution is 2.47. The molecule has 1 N–H and O–H groups in total. The predicted molar refractivity (Wildman–Crippen MR) is 69.2 cm³/mol. The number of nitrogens with one attached hydrogen (secondary N) is 1. The van der Waals surface area contributed by atoms with Crippen LogP contribution < -0.4 is 5.32 Å². The smallest absolute Gasteiger partial charge is 0.120 e. The molecule has 0 saturated heterocycles. The molecule has 0 radical (unpaired) electrons. The minimum Gasteiger partial charge on any atom is -0.468 e. The maximum absolute atomic E-state index is 5.85. The van der Waals surface area contributed by atoms with Gasteiger partial charge >= 0.3 is 0 Å². The fourth-order valence-corrected chi connectivity index (χ4v) is 2.30. The molecule has 3 nitrogen and oxygen atoms in total. The topological polar surface area (TPSA) is 38.3 Å². The van der Waals surface area contributed by atoms with Gasteiger partial charge in [0.25, 0.3) is 0 Å². The average Bonchev–Trinajstić information content (AvgIpc) is 2.87. The molecule has 3 atom stereocenters. The van der Waals surface area contributed by atoms with Crippen molar-refractivity contribution in [1.29, 1.82) is 0 Å². The van der Waals surface area contributed by atoms with Crippen LogP contribution >= 0.6 is 0 Å². The standard InChI is InChI=1S/C15H19NO2/c1-10-8-13(10)15-6-5-12(18-15)9-16-11(2)14-4-3-7-17-14/h3-7,10-11,13,16H,8-9H2,1-2H3/t10?,11-,13?/m1/s1. The molecule has 1 fully saturated rings. The summed E-state index contributed by atoms with van der Waals surface area (Å²) in [5, 5.41) is 3.40. The fraction of sp³-hybridized carbons (Fsp3) is 0.467. The maximum atomic E-state index is 5.85. The predicted octanol–water partition coefficient (Wildman–Crippen LogP) is 3.85. The molecule has 3 rings (SSSR count). The molecule has 2 heterocycles. The first-order chi connectivity index (χ1) is 8.74. The first-order valence-electron chi connectivity index (χ1n) is 6.59.